The average molecular weight is 182 g/mol. The summed E-state index contributed by atoms with van der Waals surface area (Å²) in [5.74, 6) is -0.00699. The van der Waals surface area contributed by atoms with E-state index in [4.69, 9.17) is 0 Å². The van der Waals surface area contributed by atoms with Crippen LogP contribution in [0, 0.1) is 0 Å². The summed E-state index contributed by atoms with van der Waals surface area (Å²) >= 11 is 0. The number of fused-ring (bicyclic) bond motifs is 1. The van der Waals surface area contributed by atoms with Crippen LogP contribution in [-0.4, -0.2) is 12.0 Å². The highest BCUT2D eigenvalue weighted by Crippen LogP contribution is 2.22. The molecule has 2 nitrogen and oxygen atoms in total. The number of halogens is 1. The lowest BCUT2D eigenvalue weighted by molar-refractivity contribution is -0.108. The second-order valence-electron chi connectivity index (χ2n) is 2.51. The molecule has 0 bridgehead atoms. The van der Waals surface area contributed by atoms with Crippen molar-refractivity contribution in [2.45, 2.75) is 6.42 Å². The lowest BCUT2D eigenvalue weighted by atomic mass is 10.0. The second-order valence-corrected chi connectivity index (χ2v) is 2.51. The van der Waals surface area contributed by atoms with Gasteiger partial charge in [-0.3, -0.25) is 9.79 Å². The summed E-state index contributed by atoms with van der Waals surface area (Å²) in [6, 6.07) is 0. The molecule has 0 aromatic carbocycles. The SMILES string of the molecule is Cl.O=C1C=NC2=CC=CCC2=C1. The first-order chi connectivity index (χ1) is 5.36. The predicted octanol–water partition coefficient (Wildman–Crippen LogP) is 1.83. The van der Waals surface area contributed by atoms with E-state index in [1.807, 2.05) is 18.2 Å². The minimum absolute atomic E-state index is 0. The summed E-state index contributed by atoms with van der Waals surface area (Å²) in [6.45, 7) is 0. The van der Waals surface area contributed by atoms with E-state index in [9.17, 15) is 4.79 Å². The fraction of sp³-hybridized carbons (Fsp3) is 0.111. The highest BCUT2D eigenvalue weighted by molar-refractivity contribution is 6.34. The van der Waals surface area contributed by atoms with E-state index < -0.39 is 0 Å². The van der Waals surface area contributed by atoms with Crippen LogP contribution in [0.1, 0.15) is 6.42 Å². The quantitative estimate of drug-likeness (QED) is 0.561. The Labute approximate surface area is 76.8 Å². The van der Waals surface area contributed by atoms with Crippen molar-refractivity contribution < 1.29 is 4.79 Å². The molecule has 62 valence electrons. The van der Waals surface area contributed by atoms with E-state index >= 15 is 0 Å². The number of allylic oxidation sites excluding steroid dienone is 5. The lowest BCUT2D eigenvalue weighted by Crippen LogP contribution is -2.05. The van der Waals surface area contributed by atoms with Gasteiger partial charge >= 0.3 is 0 Å². The monoisotopic (exact) mass is 181 g/mol. The Hall–Kier alpha value is -1.15. The van der Waals surface area contributed by atoms with Gasteiger partial charge in [0.1, 0.15) is 0 Å². The van der Waals surface area contributed by atoms with Gasteiger partial charge in [-0.15, -0.1) is 12.4 Å². The zero-order chi connectivity index (χ0) is 7.68. The Morgan fingerprint density at radius 2 is 2.25 bits per heavy atom. The van der Waals surface area contributed by atoms with E-state index in [1.165, 1.54) is 6.21 Å². The molecule has 0 saturated heterocycles. The van der Waals surface area contributed by atoms with Gasteiger partial charge in [-0.05, 0) is 24.1 Å². The Bertz CT molecular complexity index is 323. The molecule has 1 heterocycles. The van der Waals surface area contributed by atoms with Gasteiger partial charge in [0.15, 0.2) is 5.78 Å². The smallest absolute Gasteiger partial charge is 0.197 e. The van der Waals surface area contributed by atoms with Crippen molar-refractivity contribution in [1.82, 2.24) is 0 Å². The van der Waals surface area contributed by atoms with Crippen LogP contribution in [0.2, 0.25) is 0 Å². The first kappa shape index (κ1) is 8.94. The van der Waals surface area contributed by atoms with Gasteiger partial charge in [-0.25, -0.2) is 0 Å². The third kappa shape index (κ3) is 1.53. The number of nitrogens with zero attached hydrogens (tertiary/aromatic N) is 1. The van der Waals surface area contributed by atoms with Gasteiger partial charge in [0, 0.05) is 0 Å². The molecule has 3 heteroatoms. The van der Waals surface area contributed by atoms with Crippen LogP contribution in [0.4, 0.5) is 0 Å². The summed E-state index contributed by atoms with van der Waals surface area (Å²) in [5.41, 5.74) is 1.95. The van der Waals surface area contributed by atoms with Crippen LogP contribution < -0.4 is 0 Å². The average Bonchev–Trinajstić information content (AvgIpc) is 2.04. The third-order valence-corrected chi connectivity index (χ3v) is 1.70. The molecular formula is C9H8ClNO. The highest BCUT2D eigenvalue weighted by Gasteiger charge is 2.10. The van der Waals surface area contributed by atoms with E-state index in [1.54, 1.807) is 6.08 Å². The number of aliphatic imine (C=N–C) groups is 1. The molecule has 2 rings (SSSR count). The van der Waals surface area contributed by atoms with Crippen LogP contribution in [0.5, 0.6) is 0 Å². The van der Waals surface area contributed by atoms with E-state index in [0.29, 0.717) is 0 Å². The number of hydrogen-bond donors (Lipinski definition) is 0. The van der Waals surface area contributed by atoms with E-state index in [2.05, 4.69) is 4.99 Å². The maximum atomic E-state index is 10.8. The van der Waals surface area contributed by atoms with Gasteiger partial charge in [0.05, 0.1) is 11.9 Å². The van der Waals surface area contributed by atoms with Crippen molar-refractivity contribution in [2.24, 2.45) is 4.99 Å². The van der Waals surface area contributed by atoms with Gasteiger partial charge < -0.3 is 0 Å². The summed E-state index contributed by atoms with van der Waals surface area (Å²) in [6.07, 6.45) is 9.72. The molecule has 1 aliphatic heterocycles. The molecule has 0 saturated carbocycles. The zero-order valence-corrected chi connectivity index (χ0v) is 7.17. The van der Waals surface area contributed by atoms with Gasteiger partial charge in [-0.1, -0.05) is 12.2 Å². The molecule has 0 amide bonds. The summed E-state index contributed by atoms with van der Waals surface area (Å²) in [4.78, 5) is 14.8. The lowest BCUT2D eigenvalue weighted by Gasteiger charge is -2.10. The second kappa shape index (κ2) is 3.50. The van der Waals surface area contributed by atoms with Crippen LogP contribution in [-0.2, 0) is 4.79 Å². The molecule has 0 radical (unpaired) electrons. The van der Waals surface area contributed by atoms with Crippen LogP contribution in [0.25, 0.3) is 0 Å². The number of carbonyl (C=O) groups is 1. The maximum Gasteiger partial charge on any atom is 0.197 e. The number of carbonyl (C=O) groups excluding carboxylic acids is 1. The van der Waals surface area contributed by atoms with Crippen molar-refractivity contribution in [3.63, 3.8) is 0 Å². The third-order valence-electron chi connectivity index (χ3n) is 1.70. The fourth-order valence-electron chi connectivity index (χ4n) is 1.17. The molecule has 0 fully saturated rings. The number of hydrogen-bond acceptors (Lipinski definition) is 2. The van der Waals surface area contributed by atoms with Gasteiger partial charge in [-0.2, -0.15) is 0 Å². The normalized spacial score (nSPS) is 19.2. The minimum atomic E-state index is -0.00699. The number of rotatable bonds is 0. The van der Waals surface area contributed by atoms with Gasteiger partial charge in [0.25, 0.3) is 0 Å². The van der Waals surface area contributed by atoms with Gasteiger partial charge in [0.2, 0.25) is 0 Å². The summed E-state index contributed by atoms with van der Waals surface area (Å²) in [5, 5.41) is 0. The topological polar surface area (TPSA) is 29.4 Å². The minimum Gasteiger partial charge on any atom is -0.288 e. The van der Waals surface area contributed by atoms with Crippen molar-refractivity contribution in [1.29, 1.82) is 0 Å². The van der Waals surface area contributed by atoms with Crippen molar-refractivity contribution in [3.05, 3.63) is 35.6 Å². The molecule has 0 aromatic rings. The molecule has 0 atom stereocenters. The standard InChI is InChI=1S/C9H7NO.ClH/c11-8-5-7-3-1-2-4-9(7)10-6-8;/h1-2,4-6H,3H2;1H. The Morgan fingerprint density at radius 1 is 1.42 bits per heavy atom. The maximum absolute atomic E-state index is 10.8. The summed E-state index contributed by atoms with van der Waals surface area (Å²) in [7, 11) is 0. The Morgan fingerprint density at radius 3 is 3.08 bits per heavy atom. The molecule has 1 aliphatic carbocycles. The first-order valence-electron chi connectivity index (χ1n) is 3.52. The molecule has 0 spiro atoms. The fourth-order valence-corrected chi connectivity index (χ4v) is 1.17. The zero-order valence-electron chi connectivity index (χ0n) is 6.36. The number of dihydropyridines is 1. The molecule has 12 heavy (non-hydrogen) atoms. The van der Waals surface area contributed by atoms with Crippen LogP contribution in [0.15, 0.2) is 40.6 Å². The predicted molar refractivity (Wildman–Crippen MR) is 50.7 cm³/mol. The first-order valence-corrected chi connectivity index (χ1v) is 3.52. The molecular weight excluding hydrogens is 174 g/mol. The molecule has 0 unspecified atom stereocenters. The van der Waals surface area contributed by atoms with Crippen LogP contribution in [0.3, 0.4) is 0 Å². The van der Waals surface area contributed by atoms with Crippen molar-refractivity contribution >= 4 is 24.4 Å². The summed E-state index contributed by atoms with van der Waals surface area (Å²) < 4.78 is 0. The molecule has 2 aliphatic rings. The van der Waals surface area contributed by atoms with Crippen molar-refractivity contribution in [3.8, 4) is 0 Å². The molecule has 0 N–H and O–H groups in total. The van der Waals surface area contributed by atoms with Crippen LogP contribution >= 0.6 is 12.4 Å². The molecule has 0 aromatic heterocycles. The van der Waals surface area contributed by atoms with E-state index in [-0.39, 0.29) is 18.2 Å². The van der Waals surface area contributed by atoms with E-state index in [0.717, 1.165) is 17.7 Å². The Kier molecular flexibility index (Phi) is 2.61. The highest BCUT2D eigenvalue weighted by atomic mass is 35.5. The van der Waals surface area contributed by atoms with Crippen molar-refractivity contribution in [2.75, 3.05) is 0 Å². The largest absolute Gasteiger partial charge is 0.288 e. The number of ketones is 1. The Balaban J connectivity index is 0.000000720.